The number of likely N-dealkylation sites (tertiary alicyclic amines) is 1. The fraction of sp³-hybridized carbons (Fsp3) is 0.450. The van der Waals surface area contributed by atoms with Gasteiger partial charge in [0, 0.05) is 18.5 Å². The van der Waals surface area contributed by atoms with Crippen LogP contribution in [-0.2, 0) is 11.3 Å². The zero-order valence-electron chi connectivity index (χ0n) is 13.5. The van der Waals surface area contributed by atoms with Gasteiger partial charge in [0.2, 0.25) is 5.91 Å². The Hall–Kier alpha value is -1.87. The van der Waals surface area contributed by atoms with Crippen molar-refractivity contribution in [1.82, 2.24) is 10.2 Å². The highest BCUT2D eigenvalue weighted by molar-refractivity contribution is 5.85. The zero-order valence-corrected chi connectivity index (χ0v) is 13.5. The van der Waals surface area contributed by atoms with Crippen LogP contribution in [0.25, 0.3) is 10.8 Å². The predicted molar refractivity (Wildman–Crippen MR) is 93.1 cm³/mol. The molecule has 0 atom stereocenters. The summed E-state index contributed by atoms with van der Waals surface area (Å²) < 4.78 is 0. The Kier molecular flexibility index (Phi) is 4.04. The van der Waals surface area contributed by atoms with Gasteiger partial charge in [-0.25, -0.2) is 0 Å². The summed E-state index contributed by atoms with van der Waals surface area (Å²) in [5.74, 6) is 0.511. The molecule has 2 aliphatic rings. The smallest absolute Gasteiger partial charge is 0.223 e. The van der Waals surface area contributed by atoms with Crippen LogP contribution in [0.3, 0.4) is 0 Å². The Labute approximate surface area is 137 Å². The van der Waals surface area contributed by atoms with Gasteiger partial charge in [0.15, 0.2) is 0 Å². The number of amides is 1. The van der Waals surface area contributed by atoms with Gasteiger partial charge in [0.25, 0.3) is 0 Å². The molecule has 0 unspecified atom stereocenters. The molecule has 1 N–H and O–H groups in total. The molecule has 1 saturated heterocycles. The zero-order chi connectivity index (χ0) is 15.6. The van der Waals surface area contributed by atoms with Gasteiger partial charge in [-0.2, -0.15) is 0 Å². The molecule has 3 heteroatoms. The molecule has 23 heavy (non-hydrogen) atoms. The van der Waals surface area contributed by atoms with E-state index in [1.807, 2.05) is 0 Å². The van der Waals surface area contributed by atoms with E-state index in [0.29, 0.717) is 6.04 Å². The van der Waals surface area contributed by atoms with Crippen molar-refractivity contribution in [2.75, 3.05) is 13.1 Å². The van der Waals surface area contributed by atoms with Crippen molar-refractivity contribution in [2.45, 2.75) is 38.3 Å². The van der Waals surface area contributed by atoms with Crippen LogP contribution in [-0.4, -0.2) is 29.9 Å². The molecule has 0 aromatic heterocycles. The van der Waals surface area contributed by atoms with E-state index >= 15 is 0 Å². The number of hydrogen-bond acceptors (Lipinski definition) is 2. The average molecular weight is 308 g/mol. The molecule has 1 saturated carbocycles. The predicted octanol–water partition coefficient (Wildman–Crippen LogP) is 3.33. The molecule has 4 rings (SSSR count). The van der Waals surface area contributed by atoms with E-state index < -0.39 is 0 Å². The van der Waals surface area contributed by atoms with Gasteiger partial charge >= 0.3 is 0 Å². The Morgan fingerprint density at radius 2 is 1.74 bits per heavy atom. The maximum absolute atomic E-state index is 12.2. The second-order valence-electron chi connectivity index (χ2n) is 6.97. The second-order valence-corrected chi connectivity index (χ2v) is 6.97. The maximum atomic E-state index is 12.2. The van der Waals surface area contributed by atoms with Crippen LogP contribution in [0.2, 0.25) is 0 Å². The molecular formula is C20H24N2O. The van der Waals surface area contributed by atoms with Crippen LogP contribution >= 0.6 is 0 Å². The van der Waals surface area contributed by atoms with Crippen molar-refractivity contribution >= 4 is 16.7 Å². The second kappa shape index (κ2) is 6.32. The molecule has 0 bridgehead atoms. The van der Waals surface area contributed by atoms with E-state index in [1.54, 1.807) is 0 Å². The van der Waals surface area contributed by atoms with Crippen LogP contribution in [0.15, 0.2) is 42.5 Å². The van der Waals surface area contributed by atoms with Gasteiger partial charge < -0.3 is 5.32 Å². The van der Waals surface area contributed by atoms with Crippen molar-refractivity contribution < 1.29 is 4.79 Å². The fourth-order valence-electron chi connectivity index (χ4n) is 3.57. The summed E-state index contributed by atoms with van der Waals surface area (Å²) >= 11 is 0. The van der Waals surface area contributed by atoms with Crippen molar-refractivity contribution in [3.05, 3.63) is 48.0 Å². The molecule has 0 radical (unpaired) electrons. The lowest BCUT2D eigenvalue weighted by Crippen LogP contribution is -2.40. The average Bonchev–Trinajstić information content (AvgIpc) is 3.40. The number of nitrogens with one attached hydrogen (secondary N) is 1. The van der Waals surface area contributed by atoms with Crippen LogP contribution in [0.5, 0.6) is 0 Å². The van der Waals surface area contributed by atoms with Gasteiger partial charge in [0.05, 0.1) is 0 Å². The lowest BCUT2D eigenvalue weighted by atomic mass is 9.95. The summed E-state index contributed by atoms with van der Waals surface area (Å²) in [6.07, 6.45) is 4.32. The molecule has 120 valence electrons. The van der Waals surface area contributed by atoms with E-state index in [4.69, 9.17) is 0 Å². The Morgan fingerprint density at radius 1 is 1.00 bits per heavy atom. The lowest BCUT2D eigenvalue weighted by Gasteiger charge is -2.31. The number of piperidine rings is 1. The van der Waals surface area contributed by atoms with E-state index in [0.717, 1.165) is 32.5 Å². The summed E-state index contributed by atoms with van der Waals surface area (Å²) in [6.45, 7) is 3.02. The first-order valence-electron chi connectivity index (χ1n) is 8.79. The minimum Gasteiger partial charge on any atom is -0.353 e. The molecule has 1 aliphatic carbocycles. The first kappa shape index (κ1) is 14.7. The Balaban J connectivity index is 1.37. The number of carbonyl (C=O) groups is 1. The summed E-state index contributed by atoms with van der Waals surface area (Å²) in [5, 5.41) is 5.81. The SMILES string of the molecule is O=C(NC1CC1)C1CCN(Cc2cccc3ccccc23)CC1. The Bertz CT molecular complexity index is 694. The summed E-state index contributed by atoms with van der Waals surface area (Å²) in [4.78, 5) is 14.6. The summed E-state index contributed by atoms with van der Waals surface area (Å²) in [5.41, 5.74) is 1.39. The van der Waals surface area contributed by atoms with Crippen LogP contribution in [0, 0.1) is 5.92 Å². The van der Waals surface area contributed by atoms with Crippen molar-refractivity contribution in [3.8, 4) is 0 Å². The molecule has 2 fully saturated rings. The largest absolute Gasteiger partial charge is 0.353 e. The molecule has 1 aliphatic heterocycles. The number of nitrogens with zero attached hydrogens (tertiary/aromatic N) is 1. The normalized spacial score (nSPS) is 19.8. The monoisotopic (exact) mass is 308 g/mol. The third kappa shape index (κ3) is 3.40. The van der Waals surface area contributed by atoms with Crippen LogP contribution < -0.4 is 5.32 Å². The maximum Gasteiger partial charge on any atom is 0.223 e. The van der Waals surface area contributed by atoms with E-state index in [-0.39, 0.29) is 11.8 Å². The quantitative estimate of drug-likeness (QED) is 0.939. The molecule has 1 amide bonds. The third-order valence-corrected chi connectivity index (χ3v) is 5.16. The highest BCUT2D eigenvalue weighted by atomic mass is 16.2. The minimum atomic E-state index is 0.222. The standard InChI is InChI=1S/C20H24N2O/c23-20(21-18-8-9-18)16-10-12-22(13-11-16)14-17-6-3-5-15-4-1-2-7-19(15)17/h1-7,16,18H,8-14H2,(H,21,23). The number of rotatable bonds is 4. The van der Waals surface area contributed by atoms with Gasteiger partial charge in [-0.1, -0.05) is 42.5 Å². The first-order valence-corrected chi connectivity index (χ1v) is 8.79. The topological polar surface area (TPSA) is 32.3 Å². The first-order chi connectivity index (χ1) is 11.3. The lowest BCUT2D eigenvalue weighted by molar-refractivity contribution is -0.126. The van der Waals surface area contributed by atoms with Gasteiger partial charge in [0.1, 0.15) is 0 Å². The third-order valence-electron chi connectivity index (χ3n) is 5.16. The van der Waals surface area contributed by atoms with E-state index in [9.17, 15) is 4.79 Å². The molecule has 2 aromatic carbocycles. The molecule has 3 nitrogen and oxygen atoms in total. The van der Waals surface area contributed by atoms with Gasteiger partial charge in [-0.3, -0.25) is 9.69 Å². The molecule has 1 heterocycles. The number of benzene rings is 2. The molecule has 0 spiro atoms. The highest BCUT2D eigenvalue weighted by Crippen LogP contribution is 2.25. The van der Waals surface area contributed by atoms with Gasteiger partial charge in [-0.05, 0) is 55.1 Å². The van der Waals surface area contributed by atoms with Gasteiger partial charge in [-0.15, -0.1) is 0 Å². The number of carbonyl (C=O) groups excluding carboxylic acids is 1. The van der Waals surface area contributed by atoms with E-state index in [2.05, 4.69) is 52.7 Å². The van der Waals surface area contributed by atoms with Crippen molar-refractivity contribution in [2.24, 2.45) is 5.92 Å². The van der Waals surface area contributed by atoms with Crippen molar-refractivity contribution in [1.29, 1.82) is 0 Å². The van der Waals surface area contributed by atoms with Crippen LogP contribution in [0.4, 0.5) is 0 Å². The summed E-state index contributed by atoms with van der Waals surface area (Å²) in [6, 6.07) is 15.6. The minimum absolute atomic E-state index is 0.222. The summed E-state index contributed by atoms with van der Waals surface area (Å²) in [7, 11) is 0. The fourth-order valence-corrected chi connectivity index (χ4v) is 3.57. The molecular weight excluding hydrogens is 284 g/mol. The molecule has 2 aromatic rings. The van der Waals surface area contributed by atoms with E-state index in [1.165, 1.54) is 29.2 Å². The number of fused-ring (bicyclic) bond motifs is 1. The van der Waals surface area contributed by atoms with Crippen molar-refractivity contribution in [3.63, 3.8) is 0 Å². The number of hydrogen-bond donors (Lipinski definition) is 1. The highest BCUT2D eigenvalue weighted by Gasteiger charge is 2.29. The van der Waals surface area contributed by atoms with Crippen LogP contribution in [0.1, 0.15) is 31.2 Å². The Morgan fingerprint density at radius 3 is 2.52 bits per heavy atom.